The predicted octanol–water partition coefficient (Wildman–Crippen LogP) is -0.00368. The van der Waals surface area contributed by atoms with Crippen LogP contribution in [0.2, 0.25) is 0 Å². The van der Waals surface area contributed by atoms with Gasteiger partial charge in [-0.05, 0) is 29.7 Å². The predicted molar refractivity (Wildman–Crippen MR) is 109 cm³/mol. The molecule has 1 aliphatic heterocycles. The minimum absolute atomic E-state index is 0.415. The molecule has 1 fully saturated rings. The molecule has 0 radical (unpaired) electrons. The Hall–Kier alpha value is -2.53. The number of aromatic nitrogens is 2. The van der Waals surface area contributed by atoms with Crippen molar-refractivity contribution in [3.63, 3.8) is 0 Å². The number of aryl methyl sites for hydroxylation is 1. The number of H-pyrrole nitrogens is 1. The number of nitrogens with zero attached hydrogens (tertiary/aromatic N) is 1. The fourth-order valence-corrected chi connectivity index (χ4v) is 4.05. The summed E-state index contributed by atoms with van der Waals surface area (Å²) in [5, 5.41) is 58.3. The Bertz CT molecular complexity index is 1050. The van der Waals surface area contributed by atoms with Crippen molar-refractivity contribution in [2.45, 2.75) is 43.5 Å². The first-order valence-corrected chi connectivity index (χ1v) is 9.65. The maximum atomic E-state index is 10.9. The molecule has 30 heavy (non-hydrogen) atoms. The lowest BCUT2D eigenvalue weighted by atomic mass is 9.87. The van der Waals surface area contributed by atoms with Crippen LogP contribution in [-0.4, -0.2) is 72.9 Å². The number of aliphatic hydroxyl groups excluding tert-OH is 5. The van der Waals surface area contributed by atoms with E-state index in [1.165, 1.54) is 0 Å². The van der Waals surface area contributed by atoms with Crippen LogP contribution in [0.15, 0.2) is 36.4 Å². The number of aliphatic hydroxyl groups is 5. The first-order valence-electron chi connectivity index (χ1n) is 9.65. The van der Waals surface area contributed by atoms with Crippen LogP contribution in [0.3, 0.4) is 0 Å². The van der Waals surface area contributed by atoms with Crippen LogP contribution in [-0.2, 0) is 4.74 Å². The number of benzene rings is 2. The molecule has 0 bridgehead atoms. The van der Waals surface area contributed by atoms with Gasteiger partial charge in [0.25, 0.3) is 0 Å². The number of ether oxygens (including phenoxy) is 1. The summed E-state index contributed by atoms with van der Waals surface area (Å²) in [6, 6.07) is 11.1. The van der Waals surface area contributed by atoms with E-state index in [1.807, 2.05) is 37.3 Å². The second kappa shape index (κ2) is 7.95. The fourth-order valence-electron chi connectivity index (χ4n) is 4.05. The van der Waals surface area contributed by atoms with E-state index in [2.05, 4.69) is 10.2 Å². The van der Waals surface area contributed by atoms with Gasteiger partial charge < -0.3 is 36.0 Å². The van der Waals surface area contributed by atoms with Crippen molar-refractivity contribution in [2.24, 2.45) is 0 Å². The summed E-state index contributed by atoms with van der Waals surface area (Å²) in [6.07, 6.45) is -8.09. The van der Waals surface area contributed by atoms with Crippen LogP contribution in [0.5, 0.6) is 0 Å². The average Bonchev–Trinajstić information content (AvgIpc) is 3.13. The highest BCUT2D eigenvalue weighted by atomic mass is 16.6. The van der Waals surface area contributed by atoms with E-state index < -0.39 is 43.2 Å². The third-order valence-electron chi connectivity index (χ3n) is 5.77. The van der Waals surface area contributed by atoms with E-state index in [1.54, 1.807) is 6.07 Å². The number of fused-ring (bicyclic) bond motifs is 1. The second-order valence-corrected chi connectivity index (χ2v) is 7.65. The van der Waals surface area contributed by atoms with Crippen molar-refractivity contribution in [1.29, 1.82) is 0 Å². The Balaban J connectivity index is 1.66. The van der Waals surface area contributed by atoms with E-state index in [-0.39, 0.29) is 0 Å². The number of hydrogen-bond acceptors (Lipinski definition) is 8. The Morgan fingerprint density at radius 3 is 2.60 bits per heavy atom. The van der Waals surface area contributed by atoms with Gasteiger partial charge in [-0.3, -0.25) is 5.10 Å². The first kappa shape index (κ1) is 20.7. The highest BCUT2D eigenvalue weighted by molar-refractivity contribution is 5.99. The quantitative estimate of drug-likeness (QED) is 0.313. The lowest BCUT2D eigenvalue weighted by molar-refractivity contribution is -0.250. The minimum atomic E-state index is -1.54. The summed E-state index contributed by atoms with van der Waals surface area (Å²) in [7, 11) is 0. The topological polar surface area (TPSA) is 165 Å². The third-order valence-corrected chi connectivity index (χ3v) is 5.77. The molecule has 3 unspecified atom stereocenters. The number of para-hydroxylation sites is 1. The standard InChI is InChI=1S/C21H25N3O6/c1-9-7-10(12-3-2-4-13-15(12)23-24-21(13)22)5-6-11(9)16(26)20-19(29)18(28)17(27)14(8-25)30-20/h2-7,14,16-20,25-29H,8H2,1H3,(H3,22,23,24)/t14?,16-,17-,18?,19?,20-/m1/s1. The number of nitrogen functional groups attached to an aromatic ring is 1. The van der Waals surface area contributed by atoms with Gasteiger partial charge in [-0.25, -0.2) is 0 Å². The van der Waals surface area contributed by atoms with Crippen molar-refractivity contribution in [1.82, 2.24) is 10.2 Å². The zero-order valence-corrected chi connectivity index (χ0v) is 16.3. The molecule has 0 amide bonds. The van der Waals surface area contributed by atoms with Gasteiger partial charge in [0.05, 0.1) is 12.1 Å². The smallest absolute Gasteiger partial charge is 0.153 e. The molecule has 0 aliphatic carbocycles. The van der Waals surface area contributed by atoms with Crippen LogP contribution in [0.1, 0.15) is 17.2 Å². The largest absolute Gasteiger partial charge is 0.394 e. The summed E-state index contributed by atoms with van der Waals surface area (Å²) in [4.78, 5) is 0. The normalized spacial score (nSPS) is 28.0. The van der Waals surface area contributed by atoms with Crippen LogP contribution >= 0.6 is 0 Å². The maximum absolute atomic E-state index is 10.9. The highest BCUT2D eigenvalue weighted by Crippen LogP contribution is 2.35. The zero-order valence-electron chi connectivity index (χ0n) is 16.3. The van der Waals surface area contributed by atoms with Gasteiger partial charge in [0.15, 0.2) is 5.82 Å². The molecular formula is C21H25N3O6. The van der Waals surface area contributed by atoms with Crippen LogP contribution < -0.4 is 5.73 Å². The van der Waals surface area contributed by atoms with Gasteiger partial charge in [-0.15, -0.1) is 0 Å². The lowest BCUT2D eigenvalue weighted by Crippen LogP contribution is -2.59. The van der Waals surface area contributed by atoms with Crippen LogP contribution in [0.25, 0.3) is 22.0 Å². The summed E-state index contributed by atoms with van der Waals surface area (Å²) >= 11 is 0. The number of anilines is 1. The van der Waals surface area contributed by atoms with E-state index in [0.717, 1.165) is 27.6 Å². The minimum Gasteiger partial charge on any atom is -0.394 e. The fraction of sp³-hybridized carbons (Fsp3) is 0.381. The molecule has 0 saturated carbocycles. The molecule has 6 atom stereocenters. The Morgan fingerprint density at radius 2 is 1.90 bits per heavy atom. The number of nitrogens with one attached hydrogen (secondary N) is 1. The Morgan fingerprint density at radius 1 is 1.13 bits per heavy atom. The van der Waals surface area contributed by atoms with Crippen molar-refractivity contribution in [3.05, 3.63) is 47.5 Å². The molecular weight excluding hydrogens is 390 g/mol. The van der Waals surface area contributed by atoms with Gasteiger partial charge >= 0.3 is 0 Å². The molecule has 160 valence electrons. The van der Waals surface area contributed by atoms with E-state index >= 15 is 0 Å². The Labute approximate surface area is 172 Å². The van der Waals surface area contributed by atoms with Gasteiger partial charge in [0.2, 0.25) is 0 Å². The molecule has 4 rings (SSSR count). The van der Waals surface area contributed by atoms with E-state index in [4.69, 9.17) is 10.5 Å². The molecule has 1 aromatic heterocycles. The lowest BCUT2D eigenvalue weighted by Gasteiger charge is -2.42. The molecule has 2 heterocycles. The number of nitrogens with two attached hydrogens (primary N) is 1. The SMILES string of the molecule is Cc1cc(-c2cccc3c(N)n[nH]c23)ccc1[C@@H](O)[C@H]1OC(CO)[C@@H](O)C(O)C1O. The third kappa shape index (κ3) is 3.35. The van der Waals surface area contributed by atoms with Gasteiger partial charge in [-0.1, -0.05) is 30.3 Å². The van der Waals surface area contributed by atoms with Crippen LogP contribution in [0.4, 0.5) is 5.82 Å². The molecule has 8 N–H and O–H groups in total. The highest BCUT2D eigenvalue weighted by Gasteiger charge is 2.46. The van der Waals surface area contributed by atoms with Gasteiger partial charge in [0.1, 0.15) is 36.6 Å². The van der Waals surface area contributed by atoms with E-state index in [9.17, 15) is 25.5 Å². The summed E-state index contributed by atoms with van der Waals surface area (Å²) in [5.74, 6) is 0.415. The van der Waals surface area contributed by atoms with Crippen molar-refractivity contribution in [3.8, 4) is 11.1 Å². The van der Waals surface area contributed by atoms with Crippen LogP contribution in [0, 0.1) is 6.92 Å². The summed E-state index contributed by atoms with van der Waals surface area (Å²) in [5.41, 5.74) is 9.70. The molecule has 9 heteroatoms. The van der Waals surface area contributed by atoms with Crippen molar-refractivity contribution < 1.29 is 30.3 Å². The molecule has 0 spiro atoms. The Kier molecular flexibility index (Phi) is 5.49. The summed E-state index contributed by atoms with van der Waals surface area (Å²) in [6.45, 7) is 1.26. The first-order chi connectivity index (χ1) is 14.3. The van der Waals surface area contributed by atoms with Crippen molar-refractivity contribution >= 4 is 16.7 Å². The van der Waals surface area contributed by atoms with Crippen molar-refractivity contribution in [2.75, 3.05) is 12.3 Å². The number of hydrogen-bond donors (Lipinski definition) is 7. The maximum Gasteiger partial charge on any atom is 0.153 e. The second-order valence-electron chi connectivity index (χ2n) is 7.65. The van der Waals surface area contributed by atoms with Gasteiger partial charge in [-0.2, -0.15) is 5.10 Å². The molecule has 3 aromatic rings. The molecule has 1 aliphatic rings. The summed E-state index contributed by atoms with van der Waals surface area (Å²) < 4.78 is 5.49. The number of aromatic amines is 1. The van der Waals surface area contributed by atoms with E-state index in [0.29, 0.717) is 11.4 Å². The molecule has 2 aromatic carbocycles. The monoisotopic (exact) mass is 415 g/mol. The van der Waals surface area contributed by atoms with Gasteiger partial charge in [0, 0.05) is 10.9 Å². The molecule has 1 saturated heterocycles. The average molecular weight is 415 g/mol. The molecule has 9 nitrogen and oxygen atoms in total. The number of rotatable bonds is 4. The zero-order chi connectivity index (χ0) is 21.6.